The van der Waals surface area contributed by atoms with Crippen LogP contribution in [0, 0.1) is 0 Å². The fourth-order valence-electron chi connectivity index (χ4n) is 4.33. The lowest BCUT2D eigenvalue weighted by atomic mass is 10.1. The Morgan fingerprint density at radius 3 is 2.37 bits per heavy atom. The van der Waals surface area contributed by atoms with Crippen molar-refractivity contribution in [3.8, 4) is 28.5 Å². The summed E-state index contributed by atoms with van der Waals surface area (Å²) < 4.78 is 16.5. The molecule has 38 heavy (non-hydrogen) atoms. The van der Waals surface area contributed by atoms with E-state index in [0.717, 1.165) is 5.56 Å². The summed E-state index contributed by atoms with van der Waals surface area (Å²) in [5.74, 6) is 2.64. The summed E-state index contributed by atoms with van der Waals surface area (Å²) in [5.41, 5.74) is 8.82. The van der Waals surface area contributed by atoms with Crippen LogP contribution in [0.5, 0.6) is 17.2 Å². The first-order chi connectivity index (χ1) is 18.4. The van der Waals surface area contributed by atoms with E-state index in [9.17, 15) is 4.79 Å². The van der Waals surface area contributed by atoms with Crippen LogP contribution in [-0.2, 0) is 4.79 Å². The van der Waals surface area contributed by atoms with Gasteiger partial charge in [-0.3, -0.25) is 4.79 Å². The van der Waals surface area contributed by atoms with E-state index >= 15 is 0 Å². The number of benzene rings is 2. The lowest BCUT2D eigenvalue weighted by molar-refractivity contribution is -0.133. The highest BCUT2D eigenvalue weighted by Crippen LogP contribution is 2.34. The average Bonchev–Trinajstić information content (AvgIpc) is 2.95. The molecule has 0 unspecified atom stereocenters. The molecule has 10 nitrogen and oxygen atoms in total. The van der Waals surface area contributed by atoms with E-state index in [-0.39, 0.29) is 18.5 Å². The zero-order valence-electron chi connectivity index (χ0n) is 21.1. The van der Waals surface area contributed by atoms with Gasteiger partial charge in [0.2, 0.25) is 5.95 Å². The van der Waals surface area contributed by atoms with Crippen molar-refractivity contribution in [1.29, 1.82) is 0 Å². The van der Waals surface area contributed by atoms with Crippen molar-refractivity contribution in [2.24, 2.45) is 0 Å². The number of methoxy groups -OCH3 is 2. The molecule has 2 aromatic heterocycles. The van der Waals surface area contributed by atoms with Gasteiger partial charge in [0.25, 0.3) is 5.91 Å². The summed E-state index contributed by atoms with van der Waals surface area (Å²) >= 11 is 5.90. The van der Waals surface area contributed by atoms with E-state index in [2.05, 4.69) is 14.9 Å². The normalized spacial score (nSPS) is 13.4. The number of nitrogens with zero attached hydrogens (tertiary/aromatic N) is 5. The van der Waals surface area contributed by atoms with Gasteiger partial charge in [-0.05, 0) is 48.5 Å². The van der Waals surface area contributed by atoms with Crippen molar-refractivity contribution < 1.29 is 19.0 Å². The Morgan fingerprint density at radius 2 is 1.66 bits per heavy atom. The number of rotatable bonds is 7. The standard InChI is InChI=1S/C27H27ClN6O4/c1-36-19-7-8-20(23(15-19)37-2)21-9-10-22-25(30-21)26(32-27(29)31-22)34-13-11-33(12-14-34)24(35)16-38-18-5-3-17(28)4-6-18/h3-10,15H,11-14,16H2,1-2H3,(H2,29,31,32). The Bertz CT molecular complexity index is 1460. The lowest BCUT2D eigenvalue weighted by Gasteiger charge is -2.35. The van der Waals surface area contributed by atoms with Gasteiger partial charge in [0.05, 0.1) is 25.4 Å². The second kappa shape index (κ2) is 11.0. The molecule has 1 saturated heterocycles. The maximum absolute atomic E-state index is 12.7. The molecule has 5 rings (SSSR count). The number of aromatic nitrogens is 3. The van der Waals surface area contributed by atoms with E-state index in [1.165, 1.54) is 0 Å². The van der Waals surface area contributed by atoms with Gasteiger partial charge in [-0.2, -0.15) is 4.98 Å². The summed E-state index contributed by atoms with van der Waals surface area (Å²) in [5, 5.41) is 0.613. The van der Waals surface area contributed by atoms with Crippen molar-refractivity contribution in [3.05, 3.63) is 59.6 Å². The largest absolute Gasteiger partial charge is 0.497 e. The number of nitrogen functional groups attached to an aromatic ring is 1. The summed E-state index contributed by atoms with van der Waals surface area (Å²) in [6.45, 7) is 2.12. The van der Waals surface area contributed by atoms with Crippen molar-refractivity contribution in [3.63, 3.8) is 0 Å². The number of nitrogens with two attached hydrogens (primary N) is 1. The monoisotopic (exact) mass is 534 g/mol. The molecule has 1 fully saturated rings. The first-order valence-electron chi connectivity index (χ1n) is 12.0. The van der Waals surface area contributed by atoms with Gasteiger partial charge in [-0.15, -0.1) is 0 Å². The summed E-state index contributed by atoms with van der Waals surface area (Å²) in [4.78, 5) is 30.4. The van der Waals surface area contributed by atoms with Crippen LogP contribution in [0.3, 0.4) is 0 Å². The van der Waals surface area contributed by atoms with Crippen molar-refractivity contribution >= 4 is 40.3 Å². The fraction of sp³-hybridized carbons (Fsp3) is 0.259. The first kappa shape index (κ1) is 25.3. The Kier molecular flexibility index (Phi) is 7.32. The van der Waals surface area contributed by atoms with E-state index in [0.29, 0.717) is 71.0 Å². The van der Waals surface area contributed by atoms with Crippen LogP contribution in [0.4, 0.5) is 11.8 Å². The molecule has 0 aliphatic carbocycles. The highest BCUT2D eigenvalue weighted by atomic mass is 35.5. The Hall–Kier alpha value is -4.31. The molecule has 4 aromatic rings. The third-order valence-corrected chi connectivity index (χ3v) is 6.59. The van der Waals surface area contributed by atoms with E-state index < -0.39 is 0 Å². The summed E-state index contributed by atoms with van der Waals surface area (Å²) in [6.07, 6.45) is 0. The van der Waals surface area contributed by atoms with Gasteiger partial charge in [0, 0.05) is 42.8 Å². The maximum Gasteiger partial charge on any atom is 0.260 e. The fourth-order valence-corrected chi connectivity index (χ4v) is 4.46. The number of hydrogen-bond acceptors (Lipinski definition) is 9. The number of piperazine rings is 1. The van der Waals surface area contributed by atoms with E-state index in [1.54, 1.807) is 43.4 Å². The topological polar surface area (TPSA) is 116 Å². The zero-order valence-corrected chi connectivity index (χ0v) is 21.8. The molecule has 196 valence electrons. The molecular formula is C27H27ClN6O4. The first-order valence-corrected chi connectivity index (χ1v) is 12.4. The molecule has 0 saturated carbocycles. The Balaban J connectivity index is 1.34. The van der Waals surface area contributed by atoms with Crippen LogP contribution in [0.15, 0.2) is 54.6 Å². The van der Waals surface area contributed by atoms with Crippen LogP contribution in [-0.4, -0.2) is 72.8 Å². The molecule has 11 heteroatoms. The van der Waals surface area contributed by atoms with Crippen LogP contribution < -0.4 is 24.8 Å². The maximum atomic E-state index is 12.7. The van der Waals surface area contributed by atoms with E-state index in [1.807, 2.05) is 30.3 Å². The van der Waals surface area contributed by atoms with Gasteiger partial charge >= 0.3 is 0 Å². The number of fused-ring (bicyclic) bond motifs is 1. The molecule has 1 aliphatic heterocycles. The molecule has 0 bridgehead atoms. The molecular weight excluding hydrogens is 508 g/mol. The molecule has 3 heterocycles. The number of amides is 1. The zero-order chi connectivity index (χ0) is 26.6. The van der Waals surface area contributed by atoms with Crippen LogP contribution in [0.1, 0.15) is 0 Å². The molecule has 0 spiro atoms. The second-order valence-corrected chi connectivity index (χ2v) is 9.08. The predicted octanol–water partition coefficient (Wildman–Crippen LogP) is 3.67. The quantitative estimate of drug-likeness (QED) is 0.379. The van der Waals surface area contributed by atoms with Gasteiger partial charge in [0.1, 0.15) is 22.8 Å². The second-order valence-electron chi connectivity index (χ2n) is 8.65. The van der Waals surface area contributed by atoms with Gasteiger partial charge in [-0.1, -0.05) is 11.6 Å². The van der Waals surface area contributed by atoms with Crippen molar-refractivity contribution in [1.82, 2.24) is 19.9 Å². The van der Waals surface area contributed by atoms with Crippen LogP contribution in [0.25, 0.3) is 22.3 Å². The van der Waals surface area contributed by atoms with Crippen molar-refractivity contribution in [2.75, 3.05) is 57.6 Å². The predicted molar refractivity (Wildman–Crippen MR) is 146 cm³/mol. The number of hydrogen-bond donors (Lipinski definition) is 1. The molecule has 1 aliphatic rings. The van der Waals surface area contributed by atoms with Gasteiger partial charge in [-0.25, -0.2) is 9.97 Å². The number of carbonyl (C=O) groups excluding carboxylic acids is 1. The average molecular weight is 535 g/mol. The molecule has 0 atom stereocenters. The summed E-state index contributed by atoms with van der Waals surface area (Å²) in [6, 6.07) is 16.2. The molecule has 2 N–H and O–H groups in total. The minimum Gasteiger partial charge on any atom is -0.497 e. The number of ether oxygens (including phenoxy) is 3. The van der Waals surface area contributed by atoms with Crippen LogP contribution in [0.2, 0.25) is 5.02 Å². The third-order valence-electron chi connectivity index (χ3n) is 6.33. The molecule has 0 radical (unpaired) electrons. The minimum absolute atomic E-state index is 0.0420. The number of pyridine rings is 1. The molecule has 1 amide bonds. The third kappa shape index (κ3) is 5.35. The van der Waals surface area contributed by atoms with Gasteiger partial charge < -0.3 is 29.7 Å². The number of anilines is 2. The van der Waals surface area contributed by atoms with Crippen molar-refractivity contribution in [2.45, 2.75) is 0 Å². The molecule has 2 aromatic carbocycles. The highest BCUT2D eigenvalue weighted by Gasteiger charge is 2.25. The van der Waals surface area contributed by atoms with Gasteiger partial charge in [0.15, 0.2) is 12.4 Å². The highest BCUT2D eigenvalue weighted by molar-refractivity contribution is 6.30. The summed E-state index contributed by atoms with van der Waals surface area (Å²) in [7, 11) is 3.21. The minimum atomic E-state index is -0.0846. The smallest absolute Gasteiger partial charge is 0.260 e. The Morgan fingerprint density at radius 1 is 0.921 bits per heavy atom. The number of halogens is 1. The van der Waals surface area contributed by atoms with Crippen LogP contribution >= 0.6 is 11.6 Å². The number of carbonyl (C=O) groups is 1. The van der Waals surface area contributed by atoms with E-state index in [4.69, 9.17) is 36.5 Å². The Labute approximate surface area is 224 Å². The lowest BCUT2D eigenvalue weighted by Crippen LogP contribution is -2.50. The SMILES string of the molecule is COc1ccc(-c2ccc3nc(N)nc(N4CCN(C(=O)COc5ccc(Cl)cc5)CC4)c3n2)c(OC)c1.